The lowest BCUT2D eigenvalue weighted by atomic mass is 9.94. The summed E-state index contributed by atoms with van der Waals surface area (Å²) in [6.07, 6.45) is 2.17. The van der Waals surface area contributed by atoms with Gasteiger partial charge in [-0.3, -0.25) is 4.79 Å². The van der Waals surface area contributed by atoms with E-state index in [1.54, 1.807) is 12.1 Å². The highest BCUT2D eigenvalue weighted by molar-refractivity contribution is 6.30. The zero-order valence-electron chi connectivity index (χ0n) is 10.0. The van der Waals surface area contributed by atoms with Crippen LogP contribution in [-0.4, -0.2) is 17.6 Å². The van der Waals surface area contributed by atoms with Crippen LogP contribution in [0.3, 0.4) is 0 Å². The molecule has 1 atom stereocenters. The molecule has 100 valence electrons. The summed E-state index contributed by atoms with van der Waals surface area (Å²) in [4.78, 5) is 11.1. The second kappa shape index (κ2) is 7.34. The quantitative estimate of drug-likeness (QED) is 0.751. The fourth-order valence-corrected chi connectivity index (χ4v) is 2.01. The highest BCUT2D eigenvalue weighted by Gasteiger charge is 2.19. The summed E-state index contributed by atoms with van der Waals surface area (Å²) in [6, 6.07) is 4.64. The number of rotatable bonds is 7. The van der Waals surface area contributed by atoms with E-state index >= 15 is 0 Å². The van der Waals surface area contributed by atoms with E-state index in [2.05, 4.69) is 0 Å². The summed E-state index contributed by atoms with van der Waals surface area (Å²) < 4.78 is 13.7. The van der Waals surface area contributed by atoms with Gasteiger partial charge >= 0.3 is 5.97 Å². The molecule has 3 N–H and O–H groups in total. The molecule has 0 saturated carbocycles. The molecule has 0 heterocycles. The number of benzene rings is 1. The Bertz CT molecular complexity index is 412. The highest BCUT2D eigenvalue weighted by Crippen LogP contribution is 2.22. The van der Waals surface area contributed by atoms with E-state index in [0.29, 0.717) is 18.5 Å². The molecule has 0 aromatic heterocycles. The molecule has 0 radical (unpaired) electrons. The SMILES string of the molecule is NCCCCC(Cc1cccc(Cl)c1F)C(=O)O. The summed E-state index contributed by atoms with van der Waals surface area (Å²) in [7, 11) is 0. The molecule has 0 aliphatic heterocycles. The second-order valence-electron chi connectivity index (χ2n) is 4.24. The molecule has 1 aromatic rings. The molecule has 1 aromatic carbocycles. The van der Waals surface area contributed by atoms with E-state index in [9.17, 15) is 9.18 Å². The first-order valence-corrected chi connectivity index (χ1v) is 6.29. The topological polar surface area (TPSA) is 63.3 Å². The van der Waals surface area contributed by atoms with Crippen molar-refractivity contribution >= 4 is 17.6 Å². The number of carboxylic acid groups (broad SMARTS) is 1. The number of unbranched alkanes of at least 4 members (excludes halogenated alkanes) is 1. The van der Waals surface area contributed by atoms with Crippen LogP contribution in [-0.2, 0) is 11.2 Å². The number of carbonyl (C=O) groups is 1. The summed E-state index contributed by atoms with van der Waals surface area (Å²) in [5, 5.41) is 9.13. The van der Waals surface area contributed by atoms with Crippen LogP contribution < -0.4 is 5.73 Å². The molecule has 5 heteroatoms. The lowest BCUT2D eigenvalue weighted by molar-refractivity contribution is -0.142. The zero-order chi connectivity index (χ0) is 13.5. The summed E-state index contributed by atoms with van der Waals surface area (Å²) >= 11 is 5.66. The van der Waals surface area contributed by atoms with Gasteiger partial charge in [-0.05, 0) is 37.4 Å². The van der Waals surface area contributed by atoms with E-state index < -0.39 is 17.7 Å². The Morgan fingerprint density at radius 1 is 1.44 bits per heavy atom. The minimum absolute atomic E-state index is 0.0265. The Labute approximate surface area is 111 Å². The van der Waals surface area contributed by atoms with Crippen molar-refractivity contribution in [2.45, 2.75) is 25.7 Å². The van der Waals surface area contributed by atoms with Gasteiger partial charge in [-0.1, -0.05) is 30.2 Å². The summed E-state index contributed by atoms with van der Waals surface area (Å²) in [6.45, 7) is 0.540. The average molecular weight is 274 g/mol. The van der Waals surface area contributed by atoms with Crippen LogP contribution in [0.25, 0.3) is 0 Å². The van der Waals surface area contributed by atoms with E-state index in [-0.39, 0.29) is 11.4 Å². The van der Waals surface area contributed by atoms with Gasteiger partial charge < -0.3 is 10.8 Å². The molecule has 3 nitrogen and oxygen atoms in total. The van der Waals surface area contributed by atoms with Crippen LogP contribution in [0.15, 0.2) is 18.2 Å². The first-order valence-electron chi connectivity index (χ1n) is 5.92. The normalized spacial score (nSPS) is 12.4. The van der Waals surface area contributed by atoms with Crippen molar-refractivity contribution in [3.63, 3.8) is 0 Å². The van der Waals surface area contributed by atoms with Crippen molar-refractivity contribution in [1.82, 2.24) is 0 Å². The highest BCUT2D eigenvalue weighted by atomic mass is 35.5. The van der Waals surface area contributed by atoms with Gasteiger partial charge in [0.2, 0.25) is 0 Å². The standard InChI is InChI=1S/C13H17ClFNO2/c14-11-6-3-5-9(12(11)15)8-10(13(17)18)4-1-2-7-16/h3,5-6,10H,1-2,4,7-8,16H2,(H,17,18). The van der Waals surface area contributed by atoms with E-state index in [1.165, 1.54) is 6.07 Å². The van der Waals surface area contributed by atoms with Gasteiger partial charge in [0.15, 0.2) is 0 Å². The number of hydrogen-bond donors (Lipinski definition) is 2. The molecule has 0 spiro atoms. The molecule has 0 amide bonds. The van der Waals surface area contributed by atoms with Crippen LogP contribution in [0.4, 0.5) is 4.39 Å². The molecular weight excluding hydrogens is 257 g/mol. The number of halogens is 2. The molecule has 0 aliphatic rings. The maximum atomic E-state index is 13.7. The van der Waals surface area contributed by atoms with Crippen molar-refractivity contribution in [2.24, 2.45) is 11.7 Å². The van der Waals surface area contributed by atoms with E-state index in [4.69, 9.17) is 22.4 Å². The molecule has 1 unspecified atom stereocenters. The smallest absolute Gasteiger partial charge is 0.306 e. The van der Waals surface area contributed by atoms with Gasteiger partial charge in [0.25, 0.3) is 0 Å². The lowest BCUT2D eigenvalue weighted by Gasteiger charge is -2.13. The van der Waals surface area contributed by atoms with Gasteiger partial charge in [0, 0.05) is 0 Å². The van der Waals surface area contributed by atoms with Crippen LogP contribution in [0.1, 0.15) is 24.8 Å². The van der Waals surface area contributed by atoms with Crippen molar-refractivity contribution < 1.29 is 14.3 Å². The van der Waals surface area contributed by atoms with Gasteiger partial charge in [-0.2, -0.15) is 0 Å². The number of carboxylic acids is 1. The molecule has 0 bridgehead atoms. The predicted octanol–water partition coefficient (Wildman–Crippen LogP) is 2.85. The largest absolute Gasteiger partial charge is 0.481 e. The van der Waals surface area contributed by atoms with Crippen molar-refractivity contribution in [1.29, 1.82) is 0 Å². The van der Waals surface area contributed by atoms with Crippen molar-refractivity contribution in [2.75, 3.05) is 6.54 Å². The van der Waals surface area contributed by atoms with Gasteiger partial charge in [-0.15, -0.1) is 0 Å². The third-order valence-corrected chi connectivity index (χ3v) is 3.15. The Morgan fingerprint density at radius 2 is 2.17 bits per heavy atom. The molecule has 0 saturated heterocycles. The third kappa shape index (κ3) is 4.27. The van der Waals surface area contributed by atoms with Crippen LogP contribution in [0.2, 0.25) is 5.02 Å². The van der Waals surface area contributed by atoms with Crippen molar-refractivity contribution in [3.8, 4) is 0 Å². The van der Waals surface area contributed by atoms with E-state index in [1.807, 2.05) is 0 Å². The maximum Gasteiger partial charge on any atom is 0.306 e. The minimum atomic E-state index is -0.911. The van der Waals surface area contributed by atoms with E-state index in [0.717, 1.165) is 12.8 Å². The molecular formula is C13H17ClFNO2. The Morgan fingerprint density at radius 3 is 2.78 bits per heavy atom. The minimum Gasteiger partial charge on any atom is -0.481 e. The van der Waals surface area contributed by atoms with Gasteiger partial charge in [-0.25, -0.2) is 4.39 Å². The molecule has 18 heavy (non-hydrogen) atoms. The first-order chi connectivity index (χ1) is 8.56. The van der Waals surface area contributed by atoms with Crippen molar-refractivity contribution in [3.05, 3.63) is 34.6 Å². The summed E-state index contributed by atoms with van der Waals surface area (Å²) in [5.41, 5.74) is 5.71. The Hall–Kier alpha value is -1.13. The average Bonchev–Trinajstić information content (AvgIpc) is 2.33. The number of nitrogens with two attached hydrogens (primary N) is 1. The van der Waals surface area contributed by atoms with Crippen LogP contribution in [0, 0.1) is 11.7 Å². The second-order valence-corrected chi connectivity index (χ2v) is 4.64. The van der Waals surface area contributed by atoms with Gasteiger partial charge in [0.05, 0.1) is 10.9 Å². The predicted molar refractivity (Wildman–Crippen MR) is 69.1 cm³/mol. The first kappa shape index (κ1) is 14.9. The fraction of sp³-hybridized carbons (Fsp3) is 0.462. The summed E-state index contributed by atoms with van der Waals surface area (Å²) in [5.74, 6) is -2.03. The number of hydrogen-bond acceptors (Lipinski definition) is 2. The lowest BCUT2D eigenvalue weighted by Crippen LogP contribution is -2.17. The van der Waals surface area contributed by atoms with Crippen LogP contribution in [0.5, 0.6) is 0 Å². The Balaban J connectivity index is 2.71. The zero-order valence-corrected chi connectivity index (χ0v) is 10.8. The monoisotopic (exact) mass is 273 g/mol. The molecule has 0 aliphatic carbocycles. The number of aliphatic carboxylic acids is 1. The maximum absolute atomic E-state index is 13.7. The molecule has 0 fully saturated rings. The van der Waals surface area contributed by atoms with Gasteiger partial charge in [0.1, 0.15) is 5.82 Å². The van der Waals surface area contributed by atoms with Crippen LogP contribution >= 0.6 is 11.6 Å². The molecule has 1 rings (SSSR count). The fourth-order valence-electron chi connectivity index (χ4n) is 1.82. The third-order valence-electron chi connectivity index (χ3n) is 2.85. The Kier molecular flexibility index (Phi) is 6.09.